The van der Waals surface area contributed by atoms with Gasteiger partial charge in [0.2, 0.25) is 5.91 Å². The van der Waals surface area contributed by atoms with E-state index in [0.29, 0.717) is 11.0 Å². The van der Waals surface area contributed by atoms with Crippen LogP contribution in [0.4, 0.5) is 5.69 Å². The van der Waals surface area contributed by atoms with E-state index in [1.165, 1.54) is 17.1 Å². The predicted molar refractivity (Wildman–Crippen MR) is 96.6 cm³/mol. The fraction of sp³-hybridized carbons (Fsp3) is 0.333. The van der Waals surface area contributed by atoms with E-state index in [1.54, 1.807) is 11.7 Å². The van der Waals surface area contributed by atoms with E-state index >= 15 is 0 Å². The van der Waals surface area contributed by atoms with Crippen molar-refractivity contribution in [2.75, 3.05) is 5.32 Å². The number of hydrogen-bond acceptors (Lipinski definition) is 4. The van der Waals surface area contributed by atoms with Gasteiger partial charge in [-0.3, -0.25) is 18.8 Å². The van der Waals surface area contributed by atoms with Crippen LogP contribution in [0.5, 0.6) is 0 Å². The van der Waals surface area contributed by atoms with Gasteiger partial charge in [-0.15, -0.1) is 0 Å². The minimum absolute atomic E-state index is 0.123. The van der Waals surface area contributed by atoms with E-state index in [-0.39, 0.29) is 24.4 Å². The summed E-state index contributed by atoms with van der Waals surface area (Å²) in [6, 6.07) is 5.96. The van der Waals surface area contributed by atoms with Gasteiger partial charge < -0.3 is 5.32 Å². The summed E-state index contributed by atoms with van der Waals surface area (Å²) in [5.74, 6) is -0.123. The highest BCUT2D eigenvalue weighted by Gasteiger charge is 2.11. The van der Waals surface area contributed by atoms with Gasteiger partial charge in [0.1, 0.15) is 5.39 Å². The van der Waals surface area contributed by atoms with Crippen LogP contribution in [-0.2, 0) is 24.8 Å². The molecule has 0 aliphatic rings. The molecule has 0 spiro atoms. The van der Waals surface area contributed by atoms with E-state index in [1.807, 2.05) is 25.1 Å². The fourth-order valence-electron chi connectivity index (χ4n) is 2.85. The smallest absolute Gasteiger partial charge is 0.264 e. The Morgan fingerprint density at radius 1 is 1.32 bits per heavy atom. The minimum Gasteiger partial charge on any atom is -0.326 e. The molecular formula is C18H21N5O2. The number of carbonyl (C=O) groups excluding carboxylic acids is 1. The van der Waals surface area contributed by atoms with Gasteiger partial charge in [0, 0.05) is 25.7 Å². The summed E-state index contributed by atoms with van der Waals surface area (Å²) < 4.78 is 3.00. The van der Waals surface area contributed by atoms with Gasteiger partial charge in [-0.25, -0.2) is 4.98 Å². The molecule has 0 radical (unpaired) electrons. The Morgan fingerprint density at radius 2 is 2.12 bits per heavy atom. The lowest BCUT2D eigenvalue weighted by atomic mass is 10.1. The van der Waals surface area contributed by atoms with Gasteiger partial charge in [0.25, 0.3) is 5.56 Å². The van der Waals surface area contributed by atoms with Gasteiger partial charge in [-0.2, -0.15) is 5.10 Å². The number of hydrogen-bond donors (Lipinski definition) is 1. The summed E-state index contributed by atoms with van der Waals surface area (Å²) in [5, 5.41) is 7.46. The maximum absolute atomic E-state index is 12.4. The Morgan fingerprint density at radius 3 is 2.88 bits per heavy atom. The highest BCUT2D eigenvalue weighted by molar-refractivity contribution is 5.92. The summed E-state index contributed by atoms with van der Waals surface area (Å²) in [7, 11) is 1.74. The molecule has 1 amide bonds. The average Bonchev–Trinajstić information content (AvgIpc) is 2.98. The third-order valence-corrected chi connectivity index (χ3v) is 4.30. The van der Waals surface area contributed by atoms with Crippen molar-refractivity contribution < 1.29 is 4.79 Å². The lowest BCUT2D eigenvalue weighted by Gasteiger charge is -2.13. The van der Waals surface area contributed by atoms with Gasteiger partial charge in [-0.05, 0) is 24.5 Å². The number of nitrogens with zero attached hydrogens (tertiary/aromatic N) is 4. The lowest BCUT2D eigenvalue weighted by molar-refractivity contribution is -0.116. The Labute approximate surface area is 145 Å². The lowest BCUT2D eigenvalue weighted by Crippen LogP contribution is -2.24. The number of anilines is 1. The summed E-state index contributed by atoms with van der Waals surface area (Å²) in [5.41, 5.74) is 3.35. The number of benzene rings is 1. The van der Waals surface area contributed by atoms with Crippen LogP contribution in [0.3, 0.4) is 0 Å². The van der Waals surface area contributed by atoms with Crippen LogP contribution in [0.1, 0.15) is 24.5 Å². The standard InChI is InChI=1S/C18H21N5O2/c1-4-13-7-5-6-12(2)16(13)21-15(24)8-9-23-11-19-17-14(18(23)25)10-20-22(17)3/h5-7,10-11H,4,8-9H2,1-3H3,(H,21,24). The number of aromatic nitrogens is 4. The van der Waals surface area contributed by atoms with Crippen molar-refractivity contribution in [3.8, 4) is 0 Å². The van der Waals surface area contributed by atoms with E-state index in [0.717, 1.165) is 23.2 Å². The molecule has 0 saturated heterocycles. The Bertz CT molecular complexity index is 987. The van der Waals surface area contributed by atoms with Crippen LogP contribution in [0.2, 0.25) is 0 Å². The number of amides is 1. The molecule has 3 rings (SSSR count). The molecule has 7 nitrogen and oxygen atoms in total. The average molecular weight is 339 g/mol. The van der Waals surface area contributed by atoms with Crippen molar-refractivity contribution in [3.63, 3.8) is 0 Å². The molecule has 1 N–H and O–H groups in total. The van der Waals surface area contributed by atoms with Crippen LogP contribution in [0.25, 0.3) is 11.0 Å². The third-order valence-electron chi connectivity index (χ3n) is 4.30. The fourth-order valence-corrected chi connectivity index (χ4v) is 2.85. The zero-order valence-corrected chi connectivity index (χ0v) is 14.6. The van der Waals surface area contributed by atoms with E-state index in [2.05, 4.69) is 22.3 Å². The molecule has 0 bridgehead atoms. The first-order valence-electron chi connectivity index (χ1n) is 8.26. The maximum atomic E-state index is 12.4. The first kappa shape index (κ1) is 16.9. The second-order valence-corrected chi connectivity index (χ2v) is 6.01. The van der Waals surface area contributed by atoms with Crippen molar-refractivity contribution >= 4 is 22.6 Å². The molecule has 2 heterocycles. The van der Waals surface area contributed by atoms with Crippen molar-refractivity contribution in [1.82, 2.24) is 19.3 Å². The topological polar surface area (TPSA) is 81.8 Å². The Balaban J connectivity index is 1.73. The predicted octanol–water partition coefficient (Wildman–Crippen LogP) is 2.03. The van der Waals surface area contributed by atoms with Crippen LogP contribution < -0.4 is 10.9 Å². The Kier molecular flexibility index (Phi) is 4.65. The van der Waals surface area contributed by atoms with Crippen LogP contribution in [-0.4, -0.2) is 25.2 Å². The second kappa shape index (κ2) is 6.88. The summed E-state index contributed by atoms with van der Waals surface area (Å²) in [6.45, 7) is 4.30. The SMILES string of the molecule is CCc1cccc(C)c1NC(=O)CCn1cnc2c(cnn2C)c1=O. The number of carbonyl (C=O) groups is 1. The number of fused-ring (bicyclic) bond motifs is 1. The first-order chi connectivity index (χ1) is 12.0. The van der Waals surface area contributed by atoms with Crippen LogP contribution in [0, 0.1) is 6.92 Å². The monoisotopic (exact) mass is 339 g/mol. The van der Waals surface area contributed by atoms with Crippen molar-refractivity contribution in [2.24, 2.45) is 7.05 Å². The molecule has 25 heavy (non-hydrogen) atoms. The molecule has 1 aromatic carbocycles. The van der Waals surface area contributed by atoms with E-state index in [9.17, 15) is 9.59 Å². The molecular weight excluding hydrogens is 318 g/mol. The zero-order chi connectivity index (χ0) is 18.0. The molecule has 0 fully saturated rings. The molecule has 0 saturated carbocycles. The second-order valence-electron chi connectivity index (χ2n) is 6.01. The quantitative estimate of drug-likeness (QED) is 0.771. The summed E-state index contributed by atoms with van der Waals surface area (Å²) >= 11 is 0. The molecule has 0 aliphatic heterocycles. The third kappa shape index (κ3) is 3.31. The van der Waals surface area contributed by atoms with Crippen LogP contribution in [0.15, 0.2) is 35.5 Å². The molecule has 0 unspecified atom stereocenters. The molecule has 0 atom stereocenters. The highest BCUT2D eigenvalue weighted by Crippen LogP contribution is 2.21. The Hall–Kier alpha value is -2.96. The molecule has 130 valence electrons. The number of nitrogens with one attached hydrogen (secondary N) is 1. The zero-order valence-electron chi connectivity index (χ0n) is 14.6. The normalized spacial score (nSPS) is 11.0. The van der Waals surface area contributed by atoms with Crippen molar-refractivity contribution in [1.29, 1.82) is 0 Å². The highest BCUT2D eigenvalue weighted by atomic mass is 16.2. The molecule has 0 aliphatic carbocycles. The van der Waals surface area contributed by atoms with Gasteiger partial charge in [0.15, 0.2) is 5.65 Å². The number of rotatable bonds is 5. The van der Waals surface area contributed by atoms with Gasteiger partial charge in [0.05, 0.1) is 12.5 Å². The van der Waals surface area contributed by atoms with Gasteiger partial charge >= 0.3 is 0 Å². The number of para-hydroxylation sites is 1. The largest absolute Gasteiger partial charge is 0.326 e. The first-order valence-corrected chi connectivity index (χ1v) is 8.26. The van der Waals surface area contributed by atoms with Gasteiger partial charge in [-0.1, -0.05) is 25.1 Å². The molecule has 7 heteroatoms. The maximum Gasteiger partial charge on any atom is 0.264 e. The summed E-state index contributed by atoms with van der Waals surface area (Å²) in [4.78, 5) is 29.0. The number of aryl methyl sites for hydroxylation is 4. The minimum atomic E-state index is -0.184. The molecule has 2 aromatic heterocycles. The molecule has 3 aromatic rings. The van der Waals surface area contributed by atoms with E-state index in [4.69, 9.17) is 0 Å². The van der Waals surface area contributed by atoms with Crippen molar-refractivity contribution in [3.05, 3.63) is 52.2 Å². The van der Waals surface area contributed by atoms with E-state index < -0.39 is 0 Å². The van der Waals surface area contributed by atoms with Crippen LogP contribution >= 0.6 is 0 Å². The van der Waals surface area contributed by atoms with Crippen molar-refractivity contribution in [2.45, 2.75) is 33.2 Å². The summed E-state index contributed by atoms with van der Waals surface area (Å²) in [6.07, 6.45) is 4.01.